The van der Waals surface area contributed by atoms with Crippen LogP contribution in [0.25, 0.3) is 0 Å². The fourth-order valence-electron chi connectivity index (χ4n) is 1.97. The van der Waals surface area contributed by atoms with E-state index in [2.05, 4.69) is 22.4 Å². The van der Waals surface area contributed by atoms with Crippen molar-refractivity contribution < 1.29 is 9.26 Å². The quantitative estimate of drug-likeness (QED) is 0.785. The Bertz CT molecular complexity index is 330. The first-order valence-electron chi connectivity index (χ1n) is 6.48. The van der Waals surface area contributed by atoms with E-state index >= 15 is 0 Å². The van der Waals surface area contributed by atoms with Crippen molar-refractivity contribution in [2.24, 2.45) is 5.92 Å². The zero-order valence-electron chi connectivity index (χ0n) is 10.6. The number of ether oxygens (including phenoxy) is 1. The van der Waals surface area contributed by atoms with Gasteiger partial charge in [-0.05, 0) is 32.4 Å². The highest BCUT2D eigenvalue weighted by atomic mass is 16.5. The fraction of sp³-hybridized carbons (Fsp3) is 0.833. The van der Waals surface area contributed by atoms with Crippen LogP contribution >= 0.6 is 0 Å². The summed E-state index contributed by atoms with van der Waals surface area (Å²) < 4.78 is 10.9. The van der Waals surface area contributed by atoms with Crippen molar-refractivity contribution in [1.29, 1.82) is 0 Å². The van der Waals surface area contributed by atoms with E-state index in [1.165, 1.54) is 0 Å². The summed E-state index contributed by atoms with van der Waals surface area (Å²) in [5.74, 6) is 2.10. The van der Waals surface area contributed by atoms with Crippen LogP contribution in [-0.2, 0) is 11.2 Å². The van der Waals surface area contributed by atoms with Crippen molar-refractivity contribution in [2.45, 2.75) is 39.2 Å². The molecule has 96 valence electrons. The van der Waals surface area contributed by atoms with Gasteiger partial charge in [-0.2, -0.15) is 4.98 Å². The van der Waals surface area contributed by atoms with Crippen molar-refractivity contribution >= 4 is 0 Å². The summed E-state index contributed by atoms with van der Waals surface area (Å²) in [5.41, 5.74) is 0. The summed E-state index contributed by atoms with van der Waals surface area (Å²) in [5, 5.41) is 7.27. The molecule has 0 bridgehead atoms. The van der Waals surface area contributed by atoms with Crippen LogP contribution in [0.5, 0.6) is 0 Å². The van der Waals surface area contributed by atoms with Gasteiger partial charge in [0.15, 0.2) is 0 Å². The lowest BCUT2D eigenvalue weighted by atomic mass is 10.00. The van der Waals surface area contributed by atoms with Crippen LogP contribution in [0.4, 0.5) is 0 Å². The molecule has 0 radical (unpaired) electrons. The summed E-state index contributed by atoms with van der Waals surface area (Å²) in [7, 11) is 0. The second kappa shape index (κ2) is 6.12. The molecule has 1 unspecified atom stereocenters. The number of hydrogen-bond donors (Lipinski definition) is 1. The topological polar surface area (TPSA) is 60.2 Å². The molecule has 1 aliphatic rings. The molecule has 1 aromatic heterocycles. The third-order valence-corrected chi connectivity index (χ3v) is 3.02. The molecule has 0 aliphatic carbocycles. The number of hydrogen-bond acceptors (Lipinski definition) is 5. The van der Waals surface area contributed by atoms with Gasteiger partial charge in [0, 0.05) is 13.0 Å². The van der Waals surface area contributed by atoms with Gasteiger partial charge >= 0.3 is 0 Å². The average molecular weight is 239 g/mol. The van der Waals surface area contributed by atoms with Crippen LogP contribution in [0.3, 0.4) is 0 Å². The Morgan fingerprint density at radius 2 is 2.29 bits per heavy atom. The van der Waals surface area contributed by atoms with Crippen LogP contribution in [0.2, 0.25) is 0 Å². The Balaban J connectivity index is 1.93. The van der Waals surface area contributed by atoms with Crippen molar-refractivity contribution in [1.82, 2.24) is 15.5 Å². The molecule has 1 atom stereocenters. The first-order chi connectivity index (χ1) is 8.33. The zero-order chi connectivity index (χ0) is 12.1. The Labute approximate surface area is 102 Å². The highest BCUT2D eigenvalue weighted by molar-refractivity contribution is 4.94. The highest BCUT2D eigenvalue weighted by Gasteiger charge is 2.22. The van der Waals surface area contributed by atoms with Gasteiger partial charge < -0.3 is 14.6 Å². The monoisotopic (exact) mass is 239 g/mol. The van der Waals surface area contributed by atoms with Crippen LogP contribution in [0.15, 0.2) is 4.52 Å². The van der Waals surface area contributed by atoms with E-state index < -0.39 is 0 Å². The molecule has 1 aliphatic heterocycles. The lowest BCUT2D eigenvalue weighted by molar-refractivity contribution is 0.0477. The molecule has 5 nitrogen and oxygen atoms in total. The molecule has 1 saturated heterocycles. The highest BCUT2D eigenvalue weighted by Crippen LogP contribution is 2.21. The summed E-state index contributed by atoms with van der Waals surface area (Å²) >= 11 is 0. The SMILES string of the molecule is CCCC(OCC)c1noc(CC2CNC2)n1. The normalized spacial score (nSPS) is 18.0. The molecule has 0 amide bonds. The third-order valence-electron chi connectivity index (χ3n) is 3.02. The Hall–Kier alpha value is -0.940. The number of rotatable bonds is 7. The Kier molecular flexibility index (Phi) is 4.50. The molecule has 1 N–H and O–H groups in total. The molecule has 1 fully saturated rings. The first-order valence-corrected chi connectivity index (χ1v) is 6.48. The maximum Gasteiger partial charge on any atom is 0.227 e. The minimum absolute atomic E-state index is 0.0120. The molecule has 2 heterocycles. The van der Waals surface area contributed by atoms with Crippen LogP contribution in [0, 0.1) is 5.92 Å². The number of aromatic nitrogens is 2. The van der Waals surface area contributed by atoms with Crippen LogP contribution < -0.4 is 5.32 Å². The van der Waals surface area contributed by atoms with Crippen LogP contribution in [0.1, 0.15) is 44.5 Å². The lowest BCUT2D eigenvalue weighted by Crippen LogP contribution is -2.43. The third kappa shape index (κ3) is 3.26. The molecule has 0 saturated carbocycles. The molecule has 5 heteroatoms. The standard InChI is InChI=1S/C12H21N3O2/c1-3-5-10(16-4-2)12-14-11(17-15-12)6-9-7-13-8-9/h9-10,13H,3-8H2,1-2H3. The van der Waals surface area contributed by atoms with Gasteiger partial charge in [-0.25, -0.2) is 0 Å². The summed E-state index contributed by atoms with van der Waals surface area (Å²) in [4.78, 5) is 4.44. The second-order valence-corrected chi connectivity index (χ2v) is 4.51. The van der Waals surface area contributed by atoms with Crippen molar-refractivity contribution in [3.8, 4) is 0 Å². The predicted octanol–water partition coefficient (Wildman–Crippen LogP) is 1.71. The molecule has 2 rings (SSSR count). The first kappa shape index (κ1) is 12.5. The fourth-order valence-corrected chi connectivity index (χ4v) is 1.97. The van der Waals surface area contributed by atoms with Gasteiger partial charge in [-0.1, -0.05) is 18.5 Å². The van der Waals surface area contributed by atoms with E-state index in [0.29, 0.717) is 18.3 Å². The maximum absolute atomic E-state index is 5.63. The second-order valence-electron chi connectivity index (χ2n) is 4.51. The van der Waals surface area contributed by atoms with E-state index in [-0.39, 0.29) is 6.10 Å². The predicted molar refractivity (Wildman–Crippen MR) is 63.6 cm³/mol. The Morgan fingerprint density at radius 1 is 1.47 bits per heavy atom. The molecule has 17 heavy (non-hydrogen) atoms. The number of nitrogens with zero attached hydrogens (tertiary/aromatic N) is 2. The van der Waals surface area contributed by atoms with E-state index in [4.69, 9.17) is 9.26 Å². The van der Waals surface area contributed by atoms with Crippen molar-refractivity contribution in [2.75, 3.05) is 19.7 Å². The van der Waals surface area contributed by atoms with Crippen molar-refractivity contribution in [3.63, 3.8) is 0 Å². The number of nitrogens with one attached hydrogen (secondary N) is 1. The zero-order valence-corrected chi connectivity index (χ0v) is 10.6. The largest absolute Gasteiger partial charge is 0.370 e. The van der Waals surface area contributed by atoms with Crippen molar-refractivity contribution in [3.05, 3.63) is 11.7 Å². The van der Waals surface area contributed by atoms with Gasteiger partial charge in [-0.3, -0.25) is 0 Å². The average Bonchev–Trinajstić information content (AvgIpc) is 2.72. The summed E-state index contributed by atoms with van der Waals surface area (Å²) in [6.45, 7) is 6.92. The molecule has 0 spiro atoms. The molecular formula is C12H21N3O2. The van der Waals surface area contributed by atoms with Gasteiger partial charge in [0.25, 0.3) is 0 Å². The maximum atomic E-state index is 5.63. The van der Waals surface area contributed by atoms with Gasteiger partial charge in [-0.15, -0.1) is 0 Å². The molecule has 1 aromatic rings. The summed E-state index contributed by atoms with van der Waals surface area (Å²) in [6.07, 6.45) is 2.87. The lowest BCUT2D eigenvalue weighted by Gasteiger charge is -2.25. The smallest absolute Gasteiger partial charge is 0.227 e. The van der Waals surface area contributed by atoms with E-state index in [9.17, 15) is 0 Å². The van der Waals surface area contributed by atoms with E-state index in [1.807, 2.05) is 6.92 Å². The minimum atomic E-state index is -0.0120. The van der Waals surface area contributed by atoms with E-state index in [1.54, 1.807) is 0 Å². The van der Waals surface area contributed by atoms with E-state index in [0.717, 1.165) is 38.2 Å². The minimum Gasteiger partial charge on any atom is -0.370 e. The van der Waals surface area contributed by atoms with Gasteiger partial charge in [0.2, 0.25) is 11.7 Å². The molecular weight excluding hydrogens is 218 g/mol. The summed E-state index contributed by atoms with van der Waals surface area (Å²) in [6, 6.07) is 0. The van der Waals surface area contributed by atoms with Gasteiger partial charge in [0.1, 0.15) is 6.10 Å². The Morgan fingerprint density at radius 3 is 2.88 bits per heavy atom. The van der Waals surface area contributed by atoms with Gasteiger partial charge in [0.05, 0.1) is 0 Å². The van der Waals surface area contributed by atoms with Crippen LogP contribution in [-0.4, -0.2) is 29.8 Å². The molecule has 0 aromatic carbocycles.